The Morgan fingerprint density at radius 3 is 2.27 bits per heavy atom. The summed E-state index contributed by atoms with van der Waals surface area (Å²) in [6, 6.07) is 0. The Hall–Kier alpha value is -2.45. The number of Topliss-reactive ketones (excluding diaryl/α,β-unsaturated/α-hetero) is 1. The molecule has 0 aromatic rings. The Labute approximate surface area is 309 Å². The third-order valence-corrected chi connectivity index (χ3v) is 11.9. The highest BCUT2D eigenvalue weighted by Crippen LogP contribution is 2.52. The van der Waals surface area contributed by atoms with Gasteiger partial charge in [0.15, 0.2) is 6.29 Å². The number of carbonyl (C=O) groups is 3. The molecular weight excluding hydrogens is 672 g/mol. The molecule has 52 heavy (non-hydrogen) atoms. The van der Waals surface area contributed by atoms with Gasteiger partial charge in [-0.05, 0) is 83.1 Å². The summed E-state index contributed by atoms with van der Waals surface area (Å²) in [5.74, 6) is -0.998. The van der Waals surface area contributed by atoms with Crippen LogP contribution in [0.5, 0.6) is 0 Å². The van der Waals surface area contributed by atoms with E-state index in [9.17, 15) is 39.9 Å². The van der Waals surface area contributed by atoms with E-state index in [1.54, 1.807) is 6.08 Å². The number of ketones is 1. The second-order valence-corrected chi connectivity index (χ2v) is 16.6. The minimum Gasteiger partial charge on any atom is -0.459 e. The number of hydrogen-bond acceptors (Lipinski definition) is 12. The Balaban J connectivity index is 1.73. The van der Waals surface area contributed by atoms with Crippen molar-refractivity contribution in [2.45, 2.75) is 169 Å². The summed E-state index contributed by atoms with van der Waals surface area (Å²) in [6.45, 7) is 17.8. The molecular formula is C40H64O12. The summed E-state index contributed by atoms with van der Waals surface area (Å²) in [5.41, 5.74) is 0.787. The van der Waals surface area contributed by atoms with E-state index < -0.39 is 84.0 Å². The zero-order chi connectivity index (χ0) is 39.3. The number of aliphatic hydroxyl groups is 5. The van der Waals surface area contributed by atoms with Gasteiger partial charge < -0.3 is 44.5 Å². The molecule has 0 spiro atoms. The first kappa shape index (κ1) is 44.0. The monoisotopic (exact) mass is 736 g/mol. The summed E-state index contributed by atoms with van der Waals surface area (Å²) in [5, 5.41) is 51.9. The van der Waals surface area contributed by atoms with E-state index in [1.807, 2.05) is 67.5 Å². The Morgan fingerprint density at radius 2 is 1.67 bits per heavy atom. The van der Waals surface area contributed by atoms with Crippen molar-refractivity contribution in [1.29, 1.82) is 0 Å². The van der Waals surface area contributed by atoms with Crippen LogP contribution >= 0.6 is 0 Å². The molecule has 1 saturated carbocycles. The van der Waals surface area contributed by atoms with Gasteiger partial charge >= 0.3 is 11.9 Å². The first-order valence-corrected chi connectivity index (χ1v) is 18.6. The third-order valence-electron chi connectivity index (χ3n) is 11.9. The van der Waals surface area contributed by atoms with Crippen LogP contribution in [-0.4, -0.2) is 104 Å². The number of hydrogen-bond donors (Lipinski definition) is 5. The quantitative estimate of drug-likeness (QED) is 0.126. The minimum atomic E-state index is -1.56. The third kappa shape index (κ3) is 10.4. The fraction of sp³-hybridized carbons (Fsp3) is 0.775. The van der Waals surface area contributed by atoms with Crippen molar-refractivity contribution in [2.24, 2.45) is 22.7 Å². The molecule has 0 aromatic heterocycles. The largest absolute Gasteiger partial charge is 0.459 e. The number of esters is 2. The molecule has 3 unspecified atom stereocenters. The molecule has 296 valence electrons. The Morgan fingerprint density at radius 1 is 1.02 bits per heavy atom. The average Bonchev–Trinajstić information content (AvgIpc) is 3.04. The number of allylic oxidation sites excluding steroid dienone is 3. The zero-order valence-electron chi connectivity index (χ0n) is 32.8. The Kier molecular flexibility index (Phi) is 15.0. The maximum absolute atomic E-state index is 12.7. The molecule has 0 bridgehead atoms. The van der Waals surface area contributed by atoms with Gasteiger partial charge in [-0.2, -0.15) is 0 Å². The topological polar surface area (TPSA) is 189 Å². The van der Waals surface area contributed by atoms with Gasteiger partial charge in [0.1, 0.15) is 41.9 Å². The summed E-state index contributed by atoms with van der Waals surface area (Å²) in [6.07, 6.45) is 0.0427. The molecule has 11 atom stereocenters. The standard InChI is InChI=1S/C40H64O12/c1-22(11-14-27(44)19-24(3)29(49-25(4)42)20-28-23(2)13-16-32(45)38(28,6)7)12-15-31-39(8,9)33(17-18-40(31,10)52-26(5)43)51-37-36(48)35(47)34(46)30(21-41)50-37/h11,13,19,27-31,33-37,41,44,46-48H,12,14-18,20-21H2,1-10H3/b22-11+,24-19+/t27?,28?,29?,30-,31-,33-,34+,35+,36-,37+,40-/m1/s1. The molecule has 0 aromatic carbocycles. The number of rotatable bonds is 14. The van der Waals surface area contributed by atoms with Gasteiger partial charge in [0, 0.05) is 31.6 Å². The fourth-order valence-electron chi connectivity index (χ4n) is 8.61. The first-order valence-electron chi connectivity index (χ1n) is 18.6. The van der Waals surface area contributed by atoms with Crippen LogP contribution in [-0.2, 0) is 33.3 Å². The van der Waals surface area contributed by atoms with Crippen LogP contribution in [0.25, 0.3) is 0 Å². The normalized spacial score (nSPS) is 35.0. The van der Waals surface area contributed by atoms with Crippen molar-refractivity contribution in [3.05, 3.63) is 34.9 Å². The van der Waals surface area contributed by atoms with Crippen LogP contribution in [0.1, 0.15) is 114 Å². The molecule has 1 saturated heterocycles. The van der Waals surface area contributed by atoms with Crippen LogP contribution < -0.4 is 0 Å². The second-order valence-electron chi connectivity index (χ2n) is 16.6. The van der Waals surface area contributed by atoms with Gasteiger partial charge in [-0.1, -0.05) is 57.1 Å². The van der Waals surface area contributed by atoms with Gasteiger partial charge in [0.05, 0.1) is 18.8 Å². The highest BCUT2D eigenvalue weighted by Gasteiger charge is 2.55. The van der Waals surface area contributed by atoms with Crippen LogP contribution in [0.2, 0.25) is 0 Å². The van der Waals surface area contributed by atoms with Crippen LogP contribution in [0.15, 0.2) is 34.9 Å². The molecule has 12 heteroatoms. The van der Waals surface area contributed by atoms with Crippen molar-refractivity contribution in [3.63, 3.8) is 0 Å². The predicted octanol–water partition coefficient (Wildman–Crippen LogP) is 4.24. The van der Waals surface area contributed by atoms with E-state index in [2.05, 4.69) is 0 Å². The molecule has 1 aliphatic heterocycles. The van der Waals surface area contributed by atoms with Crippen molar-refractivity contribution < 1.29 is 58.9 Å². The summed E-state index contributed by atoms with van der Waals surface area (Å²) in [4.78, 5) is 37.0. The number of aliphatic hydroxyl groups excluding tert-OH is 5. The van der Waals surface area contributed by atoms with Gasteiger partial charge in [-0.15, -0.1) is 0 Å². The highest BCUT2D eigenvalue weighted by atomic mass is 16.7. The molecule has 3 rings (SSSR count). The van der Waals surface area contributed by atoms with E-state index in [4.69, 9.17) is 18.9 Å². The van der Waals surface area contributed by atoms with Gasteiger partial charge in [0.2, 0.25) is 0 Å². The fourth-order valence-corrected chi connectivity index (χ4v) is 8.61. The van der Waals surface area contributed by atoms with Crippen LogP contribution in [0.4, 0.5) is 0 Å². The lowest BCUT2D eigenvalue weighted by Crippen LogP contribution is -2.62. The lowest BCUT2D eigenvalue weighted by atomic mass is 9.58. The van der Waals surface area contributed by atoms with Gasteiger partial charge in [-0.3, -0.25) is 14.4 Å². The maximum atomic E-state index is 12.7. The van der Waals surface area contributed by atoms with Crippen molar-refractivity contribution in [3.8, 4) is 0 Å². The maximum Gasteiger partial charge on any atom is 0.303 e. The zero-order valence-corrected chi connectivity index (χ0v) is 32.8. The van der Waals surface area contributed by atoms with E-state index in [0.717, 1.165) is 11.1 Å². The van der Waals surface area contributed by atoms with Crippen molar-refractivity contribution in [1.82, 2.24) is 0 Å². The molecule has 3 aliphatic rings. The predicted molar refractivity (Wildman–Crippen MR) is 194 cm³/mol. The van der Waals surface area contributed by atoms with E-state index in [0.29, 0.717) is 50.5 Å². The van der Waals surface area contributed by atoms with E-state index in [-0.39, 0.29) is 17.6 Å². The van der Waals surface area contributed by atoms with Crippen LogP contribution in [0, 0.1) is 22.7 Å². The first-order chi connectivity index (χ1) is 24.0. The highest BCUT2D eigenvalue weighted by molar-refractivity contribution is 5.87. The Bertz CT molecular complexity index is 1360. The smallest absolute Gasteiger partial charge is 0.303 e. The molecule has 2 aliphatic carbocycles. The van der Waals surface area contributed by atoms with E-state index >= 15 is 0 Å². The molecule has 12 nitrogen and oxygen atoms in total. The molecule has 0 radical (unpaired) electrons. The minimum absolute atomic E-state index is 0.107. The van der Waals surface area contributed by atoms with E-state index in [1.165, 1.54) is 13.8 Å². The molecule has 0 amide bonds. The number of ether oxygens (including phenoxy) is 4. The lowest BCUT2D eigenvalue weighted by molar-refractivity contribution is -0.327. The molecule has 5 N–H and O–H groups in total. The van der Waals surface area contributed by atoms with Gasteiger partial charge in [-0.25, -0.2) is 0 Å². The lowest BCUT2D eigenvalue weighted by Gasteiger charge is -2.54. The molecule has 2 fully saturated rings. The summed E-state index contributed by atoms with van der Waals surface area (Å²) < 4.78 is 23.6. The SMILES string of the molecule is CC(=O)OC(CC1C(C)=CCC(=O)C1(C)C)/C(C)=C/C(O)C/C=C(\C)CC[C@@H]1C(C)(C)[C@H](O[C@@H]2O[C@H](CO)[C@H](O)[C@H](O)[C@H]2O)CC[C@@]1(C)OC(C)=O. The molecule has 1 heterocycles. The average molecular weight is 737 g/mol. The van der Waals surface area contributed by atoms with Crippen LogP contribution in [0.3, 0.4) is 0 Å². The van der Waals surface area contributed by atoms with Crippen molar-refractivity contribution >= 4 is 17.7 Å². The van der Waals surface area contributed by atoms with Gasteiger partial charge in [0.25, 0.3) is 0 Å². The number of carbonyl (C=O) groups excluding carboxylic acids is 3. The van der Waals surface area contributed by atoms with Crippen molar-refractivity contribution in [2.75, 3.05) is 6.61 Å². The second kappa shape index (κ2) is 17.8. The summed E-state index contributed by atoms with van der Waals surface area (Å²) >= 11 is 0. The summed E-state index contributed by atoms with van der Waals surface area (Å²) in [7, 11) is 0.